The third-order valence-electron chi connectivity index (χ3n) is 3.17. The number of anilines is 2. The van der Waals surface area contributed by atoms with E-state index in [0.717, 1.165) is 41.7 Å². The summed E-state index contributed by atoms with van der Waals surface area (Å²) in [5, 5.41) is 18.7. The summed E-state index contributed by atoms with van der Waals surface area (Å²) in [7, 11) is 0. The molecule has 7 nitrogen and oxygen atoms in total. The molecule has 0 aromatic carbocycles. The predicted molar refractivity (Wildman–Crippen MR) is 97.7 cm³/mol. The van der Waals surface area contributed by atoms with Gasteiger partial charge in [0.05, 0.1) is 5.25 Å². The maximum atomic E-state index is 12.5. The van der Waals surface area contributed by atoms with Gasteiger partial charge in [-0.25, -0.2) is 0 Å². The number of aryl methyl sites for hydroxylation is 1. The van der Waals surface area contributed by atoms with Crippen molar-refractivity contribution in [1.29, 1.82) is 0 Å². The summed E-state index contributed by atoms with van der Waals surface area (Å²) in [5.41, 5.74) is 0. The Hall–Kier alpha value is -1.61. The van der Waals surface area contributed by atoms with Crippen LogP contribution in [0.25, 0.3) is 0 Å². The lowest BCUT2D eigenvalue weighted by atomic mass is 10.2. The molecule has 2 aromatic heterocycles. The van der Waals surface area contributed by atoms with E-state index in [1.54, 1.807) is 13.0 Å². The maximum absolute atomic E-state index is 12.5. The molecule has 2 rings (SSSR count). The minimum absolute atomic E-state index is 0.0833. The number of unbranched alkanes of at least 4 members (excludes halogenated alkanes) is 1. The molecular formula is C15H23N5O2S2. The van der Waals surface area contributed by atoms with E-state index in [0.29, 0.717) is 11.6 Å². The number of hydrogen-bond acceptors (Lipinski definition) is 8. The van der Waals surface area contributed by atoms with Crippen LogP contribution in [0.3, 0.4) is 0 Å². The third kappa shape index (κ3) is 5.79. The van der Waals surface area contributed by atoms with Gasteiger partial charge in [-0.2, -0.15) is 0 Å². The Balaban J connectivity index is 1.98. The topological polar surface area (TPSA) is 92.9 Å². The molecule has 0 saturated carbocycles. The van der Waals surface area contributed by atoms with Gasteiger partial charge in [0.25, 0.3) is 0 Å². The van der Waals surface area contributed by atoms with E-state index in [-0.39, 0.29) is 11.2 Å². The van der Waals surface area contributed by atoms with Gasteiger partial charge in [-0.3, -0.25) is 4.79 Å². The predicted octanol–water partition coefficient (Wildman–Crippen LogP) is 3.95. The normalized spacial score (nSPS) is 12.1. The molecule has 0 radical (unpaired) electrons. The Labute approximate surface area is 150 Å². The van der Waals surface area contributed by atoms with Crippen molar-refractivity contribution in [2.45, 2.75) is 56.0 Å². The molecule has 1 amide bonds. The lowest BCUT2D eigenvalue weighted by molar-refractivity contribution is -0.115. The van der Waals surface area contributed by atoms with Crippen molar-refractivity contribution in [2.75, 3.05) is 17.2 Å². The highest BCUT2D eigenvalue weighted by Crippen LogP contribution is 2.31. The van der Waals surface area contributed by atoms with Crippen LogP contribution in [0.15, 0.2) is 14.9 Å². The molecule has 9 heteroatoms. The van der Waals surface area contributed by atoms with Gasteiger partial charge in [0.15, 0.2) is 10.2 Å². The quantitative estimate of drug-likeness (QED) is 0.613. The van der Waals surface area contributed by atoms with Gasteiger partial charge in [-0.1, -0.05) is 54.9 Å². The van der Waals surface area contributed by atoms with E-state index >= 15 is 0 Å². The first-order valence-electron chi connectivity index (χ1n) is 8.10. The average Bonchev–Trinajstić information content (AvgIpc) is 3.18. The largest absolute Gasteiger partial charge is 0.360 e. The molecule has 2 N–H and O–H groups in total. The molecule has 24 heavy (non-hydrogen) atoms. The summed E-state index contributed by atoms with van der Waals surface area (Å²) >= 11 is 2.93. The van der Waals surface area contributed by atoms with Crippen molar-refractivity contribution in [3.05, 3.63) is 11.8 Å². The summed E-state index contributed by atoms with van der Waals surface area (Å²) < 4.78 is 5.78. The zero-order chi connectivity index (χ0) is 17.4. The molecule has 0 spiro atoms. The molecule has 0 aliphatic heterocycles. The van der Waals surface area contributed by atoms with Gasteiger partial charge in [-0.05, 0) is 19.8 Å². The fourth-order valence-electron chi connectivity index (χ4n) is 1.95. The summed E-state index contributed by atoms with van der Waals surface area (Å²) in [6, 6.07) is 1.71. The summed E-state index contributed by atoms with van der Waals surface area (Å²) in [6.07, 6.45) is 3.82. The number of hydrogen-bond donors (Lipinski definition) is 2. The van der Waals surface area contributed by atoms with Crippen LogP contribution in [0, 0.1) is 6.92 Å². The van der Waals surface area contributed by atoms with E-state index < -0.39 is 0 Å². The number of aromatic nitrogens is 3. The molecule has 1 unspecified atom stereocenters. The molecule has 1 atom stereocenters. The van der Waals surface area contributed by atoms with Crippen LogP contribution >= 0.6 is 23.1 Å². The molecule has 0 aliphatic carbocycles. The van der Waals surface area contributed by atoms with Crippen LogP contribution in [0.5, 0.6) is 0 Å². The van der Waals surface area contributed by atoms with Crippen LogP contribution in [-0.4, -0.2) is 33.1 Å². The second-order valence-corrected chi connectivity index (χ2v) is 7.79. The lowest BCUT2D eigenvalue weighted by Crippen LogP contribution is -2.25. The van der Waals surface area contributed by atoms with Gasteiger partial charge in [0.2, 0.25) is 11.0 Å². The highest BCUT2D eigenvalue weighted by Gasteiger charge is 2.22. The highest BCUT2D eigenvalue weighted by atomic mass is 32.2. The minimum Gasteiger partial charge on any atom is -0.360 e. The van der Waals surface area contributed by atoms with Gasteiger partial charge >= 0.3 is 0 Å². The molecule has 0 bridgehead atoms. The zero-order valence-electron chi connectivity index (χ0n) is 14.2. The fourth-order valence-corrected chi connectivity index (χ4v) is 4.01. The van der Waals surface area contributed by atoms with E-state index in [1.165, 1.54) is 23.1 Å². The summed E-state index contributed by atoms with van der Waals surface area (Å²) in [5.74, 6) is 1.03. The zero-order valence-corrected chi connectivity index (χ0v) is 15.8. The third-order valence-corrected chi connectivity index (χ3v) is 5.40. The van der Waals surface area contributed by atoms with E-state index in [1.807, 2.05) is 0 Å². The molecule has 2 aromatic rings. The lowest BCUT2D eigenvalue weighted by Gasteiger charge is -2.13. The molecule has 0 saturated heterocycles. The van der Waals surface area contributed by atoms with Crippen molar-refractivity contribution in [1.82, 2.24) is 15.4 Å². The first-order chi connectivity index (χ1) is 11.6. The number of amides is 1. The monoisotopic (exact) mass is 369 g/mol. The van der Waals surface area contributed by atoms with Crippen molar-refractivity contribution in [2.24, 2.45) is 0 Å². The van der Waals surface area contributed by atoms with Crippen LogP contribution in [0.1, 0.15) is 45.3 Å². The molecular weight excluding hydrogens is 346 g/mol. The number of carbonyl (C=O) groups is 1. The number of thioether (sulfide) groups is 1. The second-order valence-electron chi connectivity index (χ2n) is 5.36. The first-order valence-corrected chi connectivity index (χ1v) is 9.80. The van der Waals surface area contributed by atoms with Crippen LogP contribution in [0.2, 0.25) is 0 Å². The molecule has 2 heterocycles. The molecule has 0 aliphatic rings. The van der Waals surface area contributed by atoms with Crippen molar-refractivity contribution < 1.29 is 9.32 Å². The first kappa shape index (κ1) is 18.7. The van der Waals surface area contributed by atoms with Crippen LogP contribution < -0.4 is 10.6 Å². The van der Waals surface area contributed by atoms with Crippen LogP contribution in [-0.2, 0) is 4.79 Å². The van der Waals surface area contributed by atoms with Gasteiger partial charge in [0, 0.05) is 12.6 Å². The maximum Gasteiger partial charge on any atom is 0.239 e. The van der Waals surface area contributed by atoms with E-state index in [9.17, 15) is 4.79 Å². The van der Waals surface area contributed by atoms with E-state index in [2.05, 4.69) is 39.8 Å². The summed E-state index contributed by atoms with van der Waals surface area (Å²) in [4.78, 5) is 12.5. The number of nitrogens with zero attached hydrogens (tertiary/aromatic N) is 3. The Kier molecular flexibility index (Phi) is 7.51. The van der Waals surface area contributed by atoms with Crippen molar-refractivity contribution in [3.8, 4) is 0 Å². The SMILES string of the molecule is CCCCC(Sc1nnc(NCCC)s1)C(=O)Nc1cc(C)on1. The minimum atomic E-state index is -0.228. The molecule has 132 valence electrons. The number of carbonyl (C=O) groups excluding carboxylic acids is 1. The Morgan fingerprint density at radius 3 is 2.88 bits per heavy atom. The second kappa shape index (κ2) is 9.63. The van der Waals surface area contributed by atoms with Crippen LogP contribution in [0.4, 0.5) is 10.9 Å². The van der Waals surface area contributed by atoms with Crippen molar-refractivity contribution in [3.63, 3.8) is 0 Å². The van der Waals surface area contributed by atoms with Gasteiger partial charge < -0.3 is 15.2 Å². The number of rotatable bonds is 10. The standard InChI is InChI=1S/C15H23N5O2S2/c1-4-6-7-11(13(21)17-12-9-10(3)22-20-12)23-15-19-18-14(24-15)16-8-5-2/h9,11H,4-8H2,1-3H3,(H,16,18)(H,17,20,21). The molecule has 0 fully saturated rings. The highest BCUT2D eigenvalue weighted by molar-refractivity contribution is 8.02. The average molecular weight is 370 g/mol. The summed E-state index contributed by atoms with van der Waals surface area (Å²) in [6.45, 7) is 6.86. The van der Waals surface area contributed by atoms with E-state index in [4.69, 9.17) is 4.52 Å². The Morgan fingerprint density at radius 2 is 2.21 bits per heavy atom. The number of nitrogens with one attached hydrogen (secondary N) is 2. The smallest absolute Gasteiger partial charge is 0.239 e. The van der Waals surface area contributed by atoms with Crippen molar-refractivity contribution >= 4 is 40.0 Å². The van der Waals surface area contributed by atoms with Gasteiger partial charge in [0.1, 0.15) is 5.76 Å². The van der Waals surface area contributed by atoms with Gasteiger partial charge in [-0.15, -0.1) is 10.2 Å². The Bertz CT molecular complexity index is 643. The fraction of sp³-hybridized carbons (Fsp3) is 0.600. The Morgan fingerprint density at radius 1 is 1.38 bits per heavy atom.